The van der Waals surface area contributed by atoms with Crippen LogP contribution in [0.5, 0.6) is 0 Å². The Balaban J connectivity index is 2.59. The first-order valence-electron chi connectivity index (χ1n) is 4.83. The van der Waals surface area contributed by atoms with E-state index < -0.39 is 17.7 Å². The highest BCUT2D eigenvalue weighted by molar-refractivity contribution is 5.19. The van der Waals surface area contributed by atoms with Crippen molar-refractivity contribution in [1.82, 2.24) is 0 Å². The minimum Gasteiger partial charge on any atom is -0.390 e. The van der Waals surface area contributed by atoms with E-state index in [4.69, 9.17) is 4.74 Å². The highest BCUT2D eigenvalue weighted by Gasteiger charge is 2.10. The van der Waals surface area contributed by atoms with Gasteiger partial charge in [-0.25, -0.2) is 8.78 Å². The molecule has 2 nitrogen and oxygen atoms in total. The van der Waals surface area contributed by atoms with E-state index in [1.54, 1.807) is 6.92 Å². The van der Waals surface area contributed by atoms with E-state index in [1.807, 2.05) is 0 Å². The van der Waals surface area contributed by atoms with Crippen molar-refractivity contribution in [3.05, 3.63) is 35.4 Å². The zero-order valence-corrected chi connectivity index (χ0v) is 8.54. The SMILES string of the molecule is CCOCC(O)Cc1cc(F)ccc1F. The Morgan fingerprint density at radius 2 is 2.13 bits per heavy atom. The summed E-state index contributed by atoms with van der Waals surface area (Å²) in [6, 6.07) is 3.19. The number of aliphatic hydroxyl groups is 1. The third-order valence-corrected chi connectivity index (χ3v) is 1.98. The Hall–Kier alpha value is -1.00. The summed E-state index contributed by atoms with van der Waals surface area (Å²) in [5, 5.41) is 9.43. The predicted octanol–water partition coefficient (Wildman–Crippen LogP) is 1.90. The van der Waals surface area contributed by atoms with Crippen LogP contribution in [0, 0.1) is 11.6 Å². The van der Waals surface area contributed by atoms with E-state index in [1.165, 1.54) is 0 Å². The van der Waals surface area contributed by atoms with Crippen molar-refractivity contribution in [1.29, 1.82) is 0 Å². The Labute approximate surface area is 87.5 Å². The fraction of sp³-hybridized carbons (Fsp3) is 0.455. The second-order valence-electron chi connectivity index (χ2n) is 3.25. The summed E-state index contributed by atoms with van der Waals surface area (Å²) in [4.78, 5) is 0. The summed E-state index contributed by atoms with van der Waals surface area (Å²) >= 11 is 0. The lowest BCUT2D eigenvalue weighted by Crippen LogP contribution is -2.18. The molecular weight excluding hydrogens is 202 g/mol. The van der Waals surface area contributed by atoms with Gasteiger partial charge in [-0.05, 0) is 30.7 Å². The van der Waals surface area contributed by atoms with Gasteiger partial charge in [0.15, 0.2) is 0 Å². The summed E-state index contributed by atoms with van der Waals surface area (Å²) in [5.41, 5.74) is 0.169. The molecule has 0 bridgehead atoms. The van der Waals surface area contributed by atoms with E-state index >= 15 is 0 Å². The van der Waals surface area contributed by atoms with Crippen LogP contribution in [0.15, 0.2) is 18.2 Å². The Morgan fingerprint density at radius 3 is 2.80 bits per heavy atom. The van der Waals surface area contributed by atoms with E-state index in [-0.39, 0.29) is 18.6 Å². The van der Waals surface area contributed by atoms with Gasteiger partial charge in [-0.1, -0.05) is 0 Å². The van der Waals surface area contributed by atoms with Gasteiger partial charge in [0, 0.05) is 13.0 Å². The van der Waals surface area contributed by atoms with Crippen molar-refractivity contribution in [3.8, 4) is 0 Å². The molecule has 0 aliphatic carbocycles. The second-order valence-corrected chi connectivity index (χ2v) is 3.25. The summed E-state index contributed by atoms with van der Waals surface area (Å²) in [5.74, 6) is -1.01. The van der Waals surface area contributed by atoms with Crippen LogP contribution in [0.1, 0.15) is 12.5 Å². The lowest BCUT2D eigenvalue weighted by Gasteiger charge is -2.10. The Kier molecular flexibility index (Phi) is 4.65. The minimum absolute atomic E-state index is 0.0591. The van der Waals surface area contributed by atoms with Gasteiger partial charge < -0.3 is 9.84 Å². The molecule has 1 N–H and O–H groups in total. The molecule has 1 rings (SSSR count). The smallest absolute Gasteiger partial charge is 0.126 e. The first-order valence-corrected chi connectivity index (χ1v) is 4.83. The molecule has 4 heteroatoms. The maximum Gasteiger partial charge on any atom is 0.126 e. The Bertz CT molecular complexity index is 315. The highest BCUT2D eigenvalue weighted by Crippen LogP contribution is 2.12. The average Bonchev–Trinajstić information content (AvgIpc) is 2.20. The number of ether oxygens (including phenoxy) is 1. The first kappa shape index (κ1) is 12.1. The largest absolute Gasteiger partial charge is 0.390 e. The summed E-state index contributed by atoms with van der Waals surface area (Å²) in [7, 11) is 0. The topological polar surface area (TPSA) is 29.5 Å². The molecule has 1 aromatic rings. The summed E-state index contributed by atoms with van der Waals surface area (Å²) < 4.78 is 30.9. The first-order chi connectivity index (χ1) is 7.13. The third-order valence-electron chi connectivity index (χ3n) is 1.98. The number of hydrogen-bond donors (Lipinski definition) is 1. The molecule has 0 fully saturated rings. The monoisotopic (exact) mass is 216 g/mol. The van der Waals surface area contributed by atoms with E-state index in [0.717, 1.165) is 18.2 Å². The molecule has 0 heterocycles. The molecule has 1 aromatic carbocycles. The highest BCUT2D eigenvalue weighted by atomic mass is 19.1. The van der Waals surface area contributed by atoms with Gasteiger partial charge in [-0.2, -0.15) is 0 Å². The number of hydrogen-bond acceptors (Lipinski definition) is 2. The van der Waals surface area contributed by atoms with Crippen LogP contribution in [-0.4, -0.2) is 24.4 Å². The second kappa shape index (κ2) is 5.78. The quantitative estimate of drug-likeness (QED) is 0.814. The van der Waals surface area contributed by atoms with Crippen molar-refractivity contribution in [2.24, 2.45) is 0 Å². The number of rotatable bonds is 5. The minimum atomic E-state index is -0.804. The van der Waals surface area contributed by atoms with Gasteiger partial charge >= 0.3 is 0 Å². The molecule has 0 saturated heterocycles. The van der Waals surface area contributed by atoms with Crippen molar-refractivity contribution in [2.45, 2.75) is 19.4 Å². The zero-order valence-electron chi connectivity index (χ0n) is 8.54. The third kappa shape index (κ3) is 3.93. The molecule has 0 aromatic heterocycles. The van der Waals surface area contributed by atoms with Crippen molar-refractivity contribution in [3.63, 3.8) is 0 Å². The van der Waals surface area contributed by atoms with E-state index in [0.29, 0.717) is 6.61 Å². The molecule has 15 heavy (non-hydrogen) atoms. The molecule has 0 saturated carbocycles. The molecule has 0 spiro atoms. The normalized spacial score (nSPS) is 12.8. The maximum atomic E-state index is 13.1. The van der Waals surface area contributed by atoms with Gasteiger partial charge in [-0.3, -0.25) is 0 Å². The van der Waals surface area contributed by atoms with Gasteiger partial charge in [-0.15, -0.1) is 0 Å². The fourth-order valence-electron chi connectivity index (χ4n) is 1.27. The van der Waals surface area contributed by atoms with Gasteiger partial charge in [0.1, 0.15) is 11.6 Å². The van der Waals surface area contributed by atoms with Crippen LogP contribution in [0.3, 0.4) is 0 Å². The Morgan fingerprint density at radius 1 is 1.40 bits per heavy atom. The molecule has 0 aliphatic heterocycles. The van der Waals surface area contributed by atoms with Gasteiger partial charge in [0.2, 0.25) is 0 Å². The zero-order chi connectivity index (χ0) is 11.3. The lowest BCUT2D eigenvalue weighted by molar-refractivity contribution is 0.0425. The molecule has 0 aliphatic rings. The number of benzene rings is 1. The van der Waals surface area contributed by atoms with Crippen LogP contribution < -0.4 is 0 Å². The van der Waals surface area contributed by atoms with Crippen LogP contribution in [0.2, 0.25) is 0 Å². The number of halogens is 2. The average molecular weight is 216 g/mol. The van der Waals surface area contributed by atoms with Crippen LogP contribution in [-0.2, 0) is 11.2 Å². The van der Waals surface area contributed by atoms with Crippen molar-refractivity contribution < 1.29 is 18.6 Å². The van der Waals surface area contributed by atoms with Gasteiger partial charge in [0.05, 0.1) is 12.7 Å². The maximum absolute atomic E-state index is 13.1. The predicted molar refractivity (Wildman–Crippen MR) is 52.6 cm³/mol. The fourth-order valence-corrected chi connectivity index (χ4v) is 1.27. The van der Waals surface area contributed by atoms with Crippen molar-refractivity contribution in [2.75, 3.05) is 13.2 Å². The van der Waals surface area contributed by atoms with Crippen molar-refractivity contribution >= 4 is 0 Å². The van der Waals surface area contributed by atoms with Crippen LogP contribution in [0.25, 0.3) is 0 Å². The van der Waals surface area contributed by atoms with Crippen LogP contribution in [0.4, 0.5) is 8.78 Å². The molecular formula is C11H14F2O2. The number of aliphatic hydroxyl groups excluding tert-OH is 1. The summed E-state index contributed by atoms with van der Waals surface area (Å²) in [6.45, 7) is 2.42. The summed E-state index contributed by atoms with van der Waals surface area (Å²) in [6.07, 6.45) is -0.745. The molecule has 0 radical (unpaired) electrons. The molecule has 1 unspecified atom stereocenters. The van der Waals surface area contributed by atoms with E-state index in [2.05, 4.69) is 0 Å². The molecule has 84 valence electrons. The standard InChI is InChI=1S/C11H14F2O2/c1-2-15-7-10(14)6-8-5-9(12)3-4-11(8)13/h3-5,10,14H,2,6-7H2,1H3. The van der Waals surface area contributed by atoms with E-state index in [9.17, 15) is 13.9 Å². The van der Waals surface area contributed by atoms with Crippen LogP contribution >= 0.6 is 0 Å². The lowest BCUT2D eigenvalue weighted by atomic mass is 10.1. The molecule has 0 amide bonds. The van der Waals surface area contributed by atoms with Gasteiger partial charge in [0.25, 0.3) is 0 Å². The molecule has 1 atom stereocenters.